The molecule has 1 aliphatic carbocycles. The number of carbonyl (C=O) groups excluding carboxylic acids is 1. The summed E-state index contributed by atoms with van der Waals surface area (Å²) in [4.78, 5) is 12.8. The molecule has 0 radical (unpaired) electrons. The SMILES string of the molecule is CCCC(CCC)C(=O)C1CCCc2ccccc21. The Kier molecular flexibility index (Phi) is 5.18. The van der Waals surface area contributed by atoms with Crippen LogP contribution in [0.4, 0.5) is 0 Å². The molecule has 0 spiro atoms. The molecular weight excluding hydrogens is 232 g/mol. The molecule has 0 amide bonds. The summed E-state index contributed by atoms with van der Waals surface area (Å²) >= 11 is 0. The van der Waals surface area contributed by atoms with Crippen LogP contribution in [-0.4, -0.2) is 5.78 Å². The van der Waals surface area contributed by atoms with Gasteiger partial charge in [0, 0.05) is 11.8 Å². The van der Waals surface area contributed by atoms with Crippen molar-refractivity contribution in [3.63, 3.8) is 0 Å². The van der Waals surface area contributed by atoms with Crippen LogP contribution in [0.25, 0.3) is 0 Å². The average molecular weight is 258 g/mol. The van der Waals surface area contributed by atoms with E-state index in [1.165, 1.54) is 17.5 Å². The van der Waals surface area contributed by atoms with Gasteiger partial charge in [-0.1, -0.05) is 51.0 Å². The average Bonchev–Trinajstić information content (AvgIpc) is 2.46. The highest BCUT2D eigenvalue weighted by Crippen LogP contribution is 2.35. The van der Waals surface area contributed by atoms with Gasteiger partial charge in [-0.05, 0) is 43.2 Å². The van der Waals surface area contributed by atoms with E-state index in [4.69, 9.17) is 0 Å². The summed E-state index contributed by atoms with van der Waals surface area (Å²) in [5, 5.41) is 0. The first-order valence-electron chi connectivity index (χ1n) is 7.89. The lowest BCUT2D eigenvalue weighted by molar-refractivity contribution is -0.125. The molecule has 1 aromatic rings. The predicted molar refractivity (Wildman–Crippen MR) is 80.4 cm³/mol. The number of rotatable bonds is 6. The van der Waals surface area contributed by atoms with E-state index in [1.54, 1.807) is 0 Å². The van der Waals surface area contributed by atoms with Crippen molar-refractivity contribution in [1.82, 2.24) is 0 Å². The van der Waals surface area contributed by atoms with Crippen LogP contribution in [0, 0.1) is 5.92 Å². The molecule has 1 atom stereocenters. The first-order valence-corrected chi connectivity index (χ1v) is 7.89. The van der Waals surface area contributed by atoms with Crippen LogP contribution < -0.4 is 0 Å². The number of hydrogen-bond donors (Lipinski definition) is 0. The van der Waals surface area contributed by atoms with Crippen molar-refractivity contribution in [2.45, 2.75) is 64.7 Å². The standard InChI is InChI=1S/C18H26O/c1-3-8-15(9-4-2)18(19)17-13-7-11-14-10-5-6-12-16(14)17/h5-6,10,12,15,17H,3-4,7-9,11,13H2,1-2H3. The lowest BCUT2D eigenvalue weighted by Gasteiger charge is -2.27. The Balaban J connectivity index is 2.19. The van der Waals surface area contributed by atoms with Crippen molar-refractivity contribution in [3.05, 3.63) is 35.4 Å². The summed E-state index contributed by atoms with van der Waals surface area (Å²) < 4.78 is 0. The predicted octanol–water partition coefficient (Wildman–Crippen LogP) is 4.89. The second-order valence-electron chi connectivity index (χ2n) is 5.82. The third kappa shape index (κ3) is 3.26. The Bertz CT molecular complexity index is 415. The fourth-order valence-corrected chi connectivity index (χ4v) is 3.46. The van der Waals surface area contributed by atoms with E-state index in [1.807, 2.05) is 0 Å². The van der Waals surface area contributed by atoms with E-state index < -0.39 is 0 Å². The van der Waals surface area contributed by atoms with E-state index in [0.717, 1.165) is 38.5 Å². The van der Waals surface area contributed by atoms with Gasteiger partial charge in [0.25, 0.3) is 0 Å². The number of hydrogen-bond acceptors (Lipinski definition) is 1. The third-order valence-electron chi connectivity index (χ3n) is 4.39. The zero-order chi connectivity index (χ0) is 13.7. The highest BCUT2D eigenvalue weighted by Gasteiger charge is 2.30. The summed E-state index contributed by atoms with van der Waals surface area (Å²) in [5.74, 6) is 0.968. The van der Waals surface area contributed by atoms with Gasteiger partial charge in [0.05, 0.1) is 0 Å². The number of ketones is 1. The number of fused-ring (bicyclic) bond motifs is 1. The Morgan fingerprint density at radius 1 is 1.21 bits per heavy atom. The largest absolute Gasteiger partial charge is 0.299 e. The molecular formula is C18H26O. The molecule has 2 rings (SSSR count). The Morgan fingerprint density at radius 3 is 2.58 bits per heavy atom. The molecule has 1 unspecified atom stereocenters. The number of aryl methyl sites for hydroxylation is 1. The molecule has 0 saturated carbocycles. The highest BCUT2D eigenvalue weighted by atomic mass is 16.1. The zero-order valence-electron chi connectivity index (χ0n) is 12.3. The van der Waals surface area contributed by atoms with Crippen molar-refractivity contribution in [3.8, 4) is 0 Å². The van der Waals surface area contributed by atoms with Gasteiger partial charge in [0.15, 0.2) is 0 Å². The van der Waals surface area contributed by atoms with Gasteiger partial charge in [-0.3, -0.25) is 4.79 Å². The number of carbonyl (C=O) groups is 1. The van der Waals surface area contributed by atoms with Crippen LogP contribution in [0.3, 0.4) is 0 Å². The second-order valence-corrected chi connectivity index (χ2v) is 5.82. The van der Waals surface area contributed by atoms with Crippen LogP contribution >= 0.6 is 0 Å². The normalized spacial score (nSPS) is 18.4. The van der Waals surface area contributed by atoms with Crippen LogP contribution in [0.1, 0.15) is 69.4 Å². The quantitative estimate of drug-likeness (QED) is 0.710. The van der Waals surface area contributed by atoms with Crippen molar-refractivity contribution < 1.29 is 4.79 Å². The Morgan fingerprint density at radius 2 is 1.89 bits per heavy atom. The highest BCUT2D eigenvalue weighted by molar-refractivity contribution is 5.88. The maximum atomic E-state index is 12.8. The van der Waals surface area contributed by atoms with E-state index >= 15 is 0 Å². The van der Waals surface area contributed by atoms with Crippen LogP contribution in [-0.2, 0) is 11.2 Å². The minimum Gasteiger partial charge on any atom is -0.299 e. The van der Waals surface area contributed by atoms with Crippen molar-refractivity contribution in [2.24, 2.45) is 5.92 Å². The van der Waals surface area contributed by atoms with Crippen LogP contribution in [0.2, 0.25) is 0 Å². The van der Waals surface area contributed by atoms with Crippen LogP contribution in [0.15, 0.2) is 24.3 Å². The Labute approximate surface area is 117 Å². The summed E-state index contributed by atoms with van der Waals surface area (Å²) in [5.41, 5.74) is 2.72. The van der Waals surface area contributed by atoms with Gasteiger partial charge in [0.1, 0.15) is 5.78 Å². The fraction of sp³-hybridized carbons (Fsp3) is 0.611. The van der Waals surface area contributed by atoms with Gasteiger partial charge >= 0.3 is 0 Å². The van der Waals surface area contributed by atoms with E-state index in [9.17, 15) is 4.79 Å². The maximum absolute atomic E-state index is 12.8. The first kappa shape index (κ1) is 14.3. The smallest absolute Gasteiger partial charge is 0.143 e. The molecule has 0 fully saturated rings. The van der Waals surface area contributed by atoms with E-state index in [2.05, 4.69) is 38.1 Å². The van der Waals surface area contributed by atoms with Gasteiger partial charge in [-0.25, -0.2) is 0 Å². The van der Waals surface area contributed by atoms with Crippen molar-refractivity contribution in [1.29, 1.82) is 0 Å². The summed E-state index contributed by atoms with van der Waals surface area (Å²) in [6.07, 6.45) is 7.72. The van der Waals surface area contributed by atoms with Gasteiger partial charge in [0.2, 0.25) is 0 Å². The van der Waals surface area contributed by atoms with Crippen LogP contribution in [0.5, 0.6) is 0 Å². The molecule has 0 saturated heterocycles. The van der Waals surface area contributed by atoms with E-state index in [0.29, 0.717) is 5.78 Å². The molecule has 0 aromatic heterocycles. The topological polar surface area (TPSA) is 17.1 Å². The zero-order valence-corrected chi connectivity index (χ0v) is 12.3. The summed E-state index contributed by atoms with van der Waals surface area (Å²) in [7, 11) is 0. The molecule has 0 heterocycles. The monoisotopic (exact) mass is 258 g/mol. The molecule has 1 aliphatic rings. The van der Waals surface area contributed by atoms with Gasteiger partial charge in [-0.15, -0.1) is 0 Å². The van der Waals surface area contributed by atoms with Gasteiger partial charge < -0.3 is 0 Å². The fourth-order valence-electron chi connectivity index (χ4n) is 3.46. The number of benzene rings is 1. The third-order valence-corrected chi connectivity index (χ3v) is 4.39. The molecule has 1 aromatic carbocycles. The lowest BCUT2D eigenvalue weighted by Crippen LogP contribution is -2.25. The Hall–Kier alpha value is -1.11. The number of Topliss-reactive ketones (excluding diaryl/α,β-unsaturated/α-hetero) is 1. The minimum atomic E-state index is 0.174. The summed E-state index contributed by atoms with van der Waals surface area (Å²) in [6, 6.07) is 8.55. The molecule has 1 heteroatoms. The molecule has 0 N–H and O–H groups in total. The second kappa shape index (κ2) is 6.88. The molecule has 0 aliphatic heterocycles. The first-order chi connectivity index (χ1) is 9.27. The van der Waals surface area contributed by atoms with Crippen molar-refractivity contribution in [2.75, 3.05) is 0 Å². The lowest BCUT2D eigenvalue weighted by atomic mass is 9.75. The summed E-state index contributed by atoms with van der Waals surface area (Å²) in [6.45, 7) is 4.37. The maximum Gasteiger partial charge on any atom is 0.143 e. The molecule has 0 bridgehead atoms. The van der Waals surface area contributed by atoms with Crippen molar-refractivity contribution >= 4 is 5.78 Å². The molecule has 104 valence electrons. The van der Waals surface area contributed by atoms with Gasteiger partial charge in [-0.2, -0.15) is 0 Å². The molecule has 1 nitrogen and oxygen atoms in total. The van der Waals surface area contributed by atoms with E-state index in [-0.39, 0.29) is 11.8 Å². The minimum absolute atomic E-state index is 0.174. The molecule has 19 heavy (non-hydrogen) atoms.